The Morgan fingerprint density at radius 2 is 1.97 bits per heavy atom. The van der Waals surface area contributed by atoms with Crippen LogP contribution >= 0.6 is 23.2 Å². The van der Waals surface area contributed by atoms with Crippen LogP contribution in [0.4, 0.5) is 5.69 Å². The molecule has 0 aromatic heterocycles. The maximum absolute atomic E-state index is 11.6. The zero-order valence-electron chi connectivity index (χ0n) is 18.0. The second kappa shape index (κ2) is 10.4. The number of hydrogen-bond acceptors (Lipinski definition) is 7. The Kier molecular flexibility index (Phi) is 7.40. The van der Waals surface area contributed by atoms with Crippen molar-refractivity contribution in [2.24, 2.45) is 5.10 Å². The van der Waals surface area contributed by atoms with Gasteiger partial charge in [0.25, 0.3) is 0 Å². The van der Waals surface area contributed by atoms with E-state index in [1.165, 1.54) is 5.69 Å². The number of ether oxygens (including phenoxy) is 1. The van der Waals surface area contributed by atoms with Crippen LogP contribution in [0.5, 0.6) is 5.75 Å². The number of amidine groups is 1. The molecule has 2 aliphatic rings. The summed E-state index contributed by atoms with van der Waals surface area (Å²) >= 11 is 12.4. The number of rotatable bonds is 8. The number of nitrogens with zero attached hydrogens (tertiary/aromatic N) is 4. The molecule has 0 saturated carbocycles. The van der Waals surface area contributed by atoms with Crippen LogP contribution in [0.15, 0.2) is 47.6 Å². The van der Waals surface area contributed by atoms with E-state index in [9.17, 15) is 4.79 Å². The highest BCUT2D eigenvalue weighted by atomic mass is 35.5. The zero-order valence-corrected chi connectivity index (χ0v) is 19.5. The number of carbonyl (C=O) groups excluding carboxylic acids is 1. The Morgan fingerprint density at radius 3 is 2.69 bits per heavy atom. The molecular weight excluding hydrogens is 449 g/mol. The highest BCUT2D eigenvalue weighted by Gasteiger charge is 2.28. The molecule has 1 N–H and O–H groups in total. The van der Waals surface area contributed by atoms with Crippen molar-refractivity contribution in [3.05, 3.63) is 58.1 Å². The fraction of sp³-hybridized carbons (Fsp3) is 0.391. The number of hydrazone groups is 1. The smallest absolute Gasteiger partial charge is 0.173 e. The number of carbonyl (C=O) groups is 1. The van der Waals surface area contributed by atoms with E-state index >= 15 is 0 Å². The van der Waals surface area contributed by atoms with E-state index in [4.69, 9.17) is 27.9 Å². The molecule has 0 amide bonds. The lowest BCUT2D eigenvalue weighted by atomic mass is 10.2. The minimum atomic E-state index is -0.485. The number of benzene rings is 2. The van der Waals surface area contributed by atoms with Crippen LogP contribution in [-0.2, 0) is 11.3 Å². The van der Waals surface area contributed by atoms with Gasteiger partial charge in [0, 0.05) is 67.5 Å². The second-order valence-corrected chi connectivity index (χ2v) is 8.73. The normalized spacial score (nSPS) is 19.0. The molecule has 2 heterocycles. The Hall–Kier alpha value is -2.48. The van der Waals surface area contributed by atoms with Gasteiger partial charge in [0.1, 0.15) is 11.6 Å². The molecule has 0 bridgehead atoms. The largest absolute Gasteiger partial charge is 0.497 e. The third-order valence-electron chi connectivity index (χ3n) is 5.92. The van der Waals surface area contributed by atoms with Crippen LogP contribution in [0.25, 0.3) is 0 Å². The molecule has 9 heteroatoms. The van der Waals surface area contributed by atoms with Crippen molar-refractivity contribution < 1.29 is 9.53 Å². The van der Waals surface area contributed by atoms with Crippen molar-refractivity contribution in [2.45, 2.75) is 19.1 Å². The molecule has 1 unspecified atom stereocenters. The van der Waals surface area contributed by atoms with Gasteiger partial charge in [0.15, 0.2) is 12.5 Å². The Balaban J connectivity index is 1.32. The number of nitrogens with one attached hydrogen (secondary N) is 1. The Morgan fingerprint density at radius 1 is 1.16 bits per heavy atom. The molecule has 2 aliphatic heterocycles. The lowest BCUT2D eigenvalue weighted by molar-refractivity contribution is -0.111. The average Bonchev–Trinajstić information content (AvgIpc) is 3.21. The average molecular weight is 476 g/mol. The van der Waals surface area contributed by atoms with Gasteiger partial charge in [-0.2, -0.15) is 5.10 Å². The topological polar surface area (TPSA) is 60.4 Å². The number of piperazine rings is 1. The zero-order chi connectivity index (χ0) is 22.5. The van der Waals surface area contributed by atoms with E-state index in [2.05, 4.69) is 32.5 Å². The molecule has 0 aliphatic carbocycles. The molecule has 1 fully saturated rings. The van der Waals surface area contributed by atoms with Gasteiger partial charge in [-0.25, -0.2) is 0 Å². The van der Waals surface area contributed by atoms with Gasteiger partial charge in [0.2, 0.25) is 0 Å². The summed E-state index contributed by atoms with van der Waals surface area (Å²) in [6, 6.07) is 13.6. The van der Waals surface area contributed by atoms with E-state index in [1.54, 1.807) is 19.2 Å². The van der Waals surface area contributed by atoms with Gasteiger partial charge >= 0.3 is 0 Å². The molecule has 1 saturated heterocycles. The van der Waals surface area contributed by atoms with Crippen LogP contribution in [0.2, 0.25) is 10.0 Å². The molecule has 7 nitrogen and oxygen atoms in total. The summed E-state index contributed by atoms with van der Waals surface area (Å²) in [5.74, 6) is 1.74. The molecule has 1 atom stereocenters. The van der Waals surface area contributed by atoms with Crippen molar-refractivity contribution in [1.82, 2.24) is 15.2 Å². The number of aldehydes is 1. The van der Waals surface area contributed by atoms with Gasteiger partial charge in [0.05, 0.1) is 7.11 Å². The first-order valence-electron chi connectivity index (χ1n) is 10.7. The van der Waals surface area contributed by atoms with Crippen LogP contribution in [0.1, 0.15) is 12.0 Å². The van der Waals surface area contributed by atoms with Crippen molar-refractivity contribution in [3.63, 3.8) is 0 Å². The summed E-state index contributed by atoms with van der Waals surface area (Å²) < 4.78 is 5.35. The number of methoxy groups -OCH3 is 1. The number of anilines is 1. The van der Waals surface area contributed by atoms with Gasteiger partial charge < -0.3 is 14.5 Å². The van der Waals surface area contributed by atoms with Crippen molar-refractivity contribution >= 4 is 41.0 Å². The lowest BCUT2D eigenvalue weighted by Crippen LogP contribution is -2.47. The predicted molar refractivity (Wildman–Crippen MR) is 129 cm³/mol. The van der Waals surface area contributed by atoms with Gasteiger partial charge in [-0.05, 0) is 29.8 Å². The summed E-state index contributed by atoms with van der Waals surface area (Å²) in [4.78, 5) is 18.3. The first-order chi connectivity index (χ1) is 15.6. The maximum Gasteiger partial charge on any atom is 0.173 e. The quantitative estimate of drug-likeness (QED) is 0.589. The summed E-state index contributed by atoms with van der Waals surface area (Å²) in [5.41, 5.74) is 5.02. The van der Waals surface area contributed by atoms with Crippen LogP contribution in [-0.4, -0.2) is 67.9 Å². The standard InChI is InChI=1S/C23H27Cl2N5O2/c1-32-20-4-2-3-19(14-20)29-11-9-28(10-12-29)8-7-22-26-27-23(16-31)30(22)15-17-5-6-18(24)13-21(17)25/h2-6,13-14,16,23,27H,7-12,15H2,1H3. The molecule has 0 spiro atoms. The third kappa shape index (κ3) is 5.28. The maximum atomic E-state index is 11.6. The Bertz CT molecular complexity index is 979. The molecule has 2 aromatic rings. The molecule has 170 valence electrons. The fourth-order valence-corrected chi connectivity index (χ4v) is 4.52. The number of hydrogen-bond donors (Lipinski definition) is 1. The highest BCUT2D eigenvalue weighted by molar-refractivity contribution is 6.35. The van der Waals surface area contributed by atoms with Crippen molar-refractivity contribution in [1.29, 1.82) is 0 Å². The summed E-state index contributed by atoms with van der Waals surface area (Å²) in [5, 5.41) is 5.60. The van der Waals surface area contributed by atoms with Crippen LogP contribution < -0.4 is 15.1 Å². The minimum absolute atomic E-state index is 0.485. The molecule has 2 aromatic carbocycles. The Labute approximate surface area is 198 Å². The van der Waals surface area contributed by atoms with E-state index < -0.39 is 6.17 Å². The molecule has 0 radical (unpaired) electrons. The summed E-state index contributed by atoms with van der Waals surface area (Å²) in [6.45, 7) is 5.23. The highest BCUT2D eigenvalue weighted by Crippen LogP contribution is 2.25. The molecular formula is C23H27Cl2N5O2. The SMILES string of the molecule is COc1cccc(N2CCN(CCC3=NNC(C=O)N3Cc3ccc(Cl)cc3Cl)CC2)c1. The third-order valence-corrected chi connectivity index (χ3v) is 6.51. The summed E-state index contributed by atoms with van der Waals surface area (Å²) in [7, 11) is 1.69. The number of halogens is 2. The molecule has 32 heavy (non-hydrogen) atoms. The van der Waals surface area contributed by atoms with E-state index in [0.29, 0.717) is 16.6 Å². The van der Waals surface area contributed by atoms with Gasteiger partial charge in [-0.1, -0.05) is 35.3 Å². The minimum Gasteiger partial charge on any atom is -0.497 e. The monoisotopic (exact) mass is 475 g/mol. The summed E-state index contributed by atoms with van der Waals surface area (Å²) in [6.07, 6.45) is 1.14. The van der Waals surface area contributed by atoms with Crippen LogP contribution in [0.3, 0.4) is 0 Å². The first-order valence-corrected chi connectivity index (χ1v) is 11.4. The van der Waals surface area contributed by atoms with E-state index in [-0.39, 0.29) is 0 Å². The molecule has 4 rings (SSSR count). The van der Waals surface area contributed by atoms with Crippen molar-refractivity contribution in [3.8, 4) is 5.75 Å². The van der Waals surface area contributed by atoms with E-state index in [0.717, 1.165) is 62.6 Å². The predicted octanol–water partition coefficient (Wildman–Crippen LogP) is 3.46. The fourth-order valence-electron chi connectivity index (χ4n) is 4.06. The van der Waals surface area contributed by atoms with Crippen LogP contribution in [0, 0.1) is 0 Å². The first kappa shape index (κ1) is 22.7. The van der Waals surface area contributed by atoms with E-state index in [1.807, 2.05) is 23.1 Å². The second-order valence-electron chi connectivity index (χ2n) is 7.88. The van der Waals surface area contributed by atoms with Gasteiger partial charge in [-0.3, -0.25) is 15.1 Å². The van der Waals surface area contributed by atoms with Gasteiger partial charge in [-0.15, -0.1) is 0 Å². The van der Waals surface area contributed by atoms with Crippen molar-refractivity contribution in [2.75, 3.05) is 44.7 Å². The lowest BCUT2D eigenvalue weighted by Gasteiger charge is -2.36.